The Kier molecular flexibility index (Phi) is 6.23. The van der Waals surface area contributed by atoms with Crippen LogP contribution in [0.1, 0.15) is 18.2 Å². The van der Waals surface area contributed by atoms with E-state index >= 15 is 0 Å². The number of aliphatic hydroxyl groups excluding tert-OH is 1. The number of carbonyl (C=O) groups is 1. The zero-order valence-electron chi connectivity index (χ0n) is 15.5. The molecule has 29 heavy (non-hydrogen) atoms. The van der Waals surface area contributed by atoms with Crippen LogP contribution in [0.3, 0.4) is 0 Å². The average molecular weight is 408 g/mol. The molecule has 2 heterocycles. The van der Waals surface area contributed by atoms with Crippen molar-refractivity contribution >= 4 is 5.91 Å². The summed E-state index contributed by atoms with van der Waals surface area (Å²) in [6.07, 6.45) is 2.72. The monoisotopic (exact) mass is 408 g/mol. The van der Waals surface area contributed by atoms with Crippen molar-refractivity contribution in [1.82, 2.24) is 20.5 Å². The lowest BCUT2D eigenvalue weighted by molar-refractivity contribution is -0.122. The van der Waals surface area contributed by atoms with Gasteiger partial charge in [0.1, 0.15) is 11.6 Å². The van der Waals surface area contributed by atoms with Gasteiger partial charge in [0.2, 0.25) is 0 Å². The number of nitrogens with one attached hydrogen (secondary N) is 2. The van der Waals surface area contributed by atoms with Crippen LogP contribution < -0.4 is 15.4 Å². The summed E-state index contributed by atoms with van der Waals surface area (Å²) in [4.78, 5) is 17.7. The van der Waals surface area contributed by atoms with E-state index in [0.29, 0.717) is 17.3 Å². The Morgan fingerprint density at radius 2 is 2.03 bits per heavy atom. The summed E-state index contributed by atoms with van der Waals surface area (Å²) >= 11 is 0. The summed E-state index contributed by atoms with van der Waals surface area (Å²) in [5, 5.41) is 14.6. The number of aromatic nitrogens is 1. The van der Waals surface area contributed by atoms with Crippen LogP contribution in [0.5, 0.6) is 5.75 Å². The maximum Gasteiger partial charge on any atom is 0.263 e. The number of rotatable bonds is 7. The van der Waals surface area contributed by atoms with Crippen LogP contribution in [0.2, 0.25) is 0 Å². The summed E-state index contributed by atoms with van der Waals surface area (Å²) in [6, 6.07) is 5.03. The van der Waals surface area contributed by atoms with Crippen molar-refractivity contribution in [2.75, 3.05) is 6.61 Å². The molecule has 7 nitrogen and oxygen atoms in total. The van der Waals surface area contributed by atoms with E-state index in [1.807, 2.05) is 0 Å². The molecule has 0 fully saturated rings. The fourth-order valence-electron chi connectivity index (χ4n) is 2.71. The highest BCUT2D eigenvalue weighted by Gasteiger charge is 2.22. The van der Waals surface area contributed by atoms with Crippen LogP contribution in [0.15, 0.2) is 42.5 Å². The average Bonchev–Trinajstić information content (AvgIpc) is 3.03. The summed E-state index contributed by atoms with van der Waals surface area (Å²) in [5.41, 5.74) is 0.734. The first kappa shape index (κ1) is 20.5. The van der Waals surface area contributed by atoms with Gasteiger partial charge in [-0.2, -0.15) is 0 Å². The second-order valence-electron chi connectivity index (χ2n) is 6.39. The largest absolute Gasteiger partial charge is 0.482 e. The number of benzene rings is 1. The highest BCUT2D eigenvalue weighted by Crippen LogP contribution is 2.18. The molecule has 1 atom stereocenters. The minimum absolute atomic E-state index is 0.112. The zero-order valence-corrected chi connectivity index (χ0v) is 15.5. The fourth-order valence-corrected chi connectivity index (χ4v) is 2.71. The predicted octanol–water partition coefficient (Wildman–Crippen LogP) is 1.74. The number of hydrogen-bond acceptors (Lipinski definition) is 6. The van der Waals surface area contributed by atoms with Crippen molar-refractivity contribution < 1.29 is 27.8 Å². The highest BCUT2D eigenvalue weighted by atomic mass is 19.2. The van der Waals surface area contributed by atoms with Gasteiger partial charge in [-0.05, 0) is 36.8 Å². The summed E-state index contributed by atoms with van der Waals surface area (Å²) in [5.74, 6) is -3.68. The molecular formula is C19H19F3N4O3. The molecule has 3 rings (SSSR count). The molecule has 10 heteroatoms. The molecular weight excluding hydrogens is 389 g/mol. The van der Waals surface area contributed by atoms with Gasteiger partial charge in [-0.3, -0.25) is 9.78 Å². The van der Waals surface area contributed by atoms with Crippen molar-refractivity contribution in [2.24, 2.45) is 0 Å². The van der Waals surface area contributed by atoms with Crippen LogP contribution in [0.25, 0.3) is 0 Å². The van der Waals surface area contributed by atoms with Crippen LogP contribution in [-0.2, 0) is 17.9 Å². The number of halogens is 3. The molecule has 1 aliphatic heterocycles. The number of amides is 1. The molecule has 1 aliphatic rings. The third kappa shape index (κ3) is 5.17. The van der Waals surface area contributed by atoms with E-state index in [-0.39, 0.29) is 31.5 Å². The van der Waals surface area contributed by atoms with Gasteiger partial charge in [0.05, 0.1) is 24.7 Å². The molecule has 2 aromatic rings. The molecule has 1 unspecified atom stereocenters. The van der Waals surface area contributed by atoms with Gasteiger partial charge in [-0.1, -0.05) is 0 Å². The van der Waals surface area contributed by atoms with E-state index in [2.05, 4.69) is 15.6 Å². The molecule has 0 saturated heterocycles. The quantitative estimate of drug-likeness (QED) is 0.605. The van der Waals surface area contributed by atoms with Crippen molar-refractivity contribution in [3.8, 4) is 5.75 Å². The number of hydrogen-bond donors (Lipinski definition) is 3. The van der Waals surface area contributed by atoms with Crippen molar-refractivity contribution in [2.45, 2.75) is 26.2 Å². The van der Waals surface area contributed by atoms with Crippen LogP contribution in [-0.4, -0.2) is 33.7 Å². The zero-order chi connectivity index (χ0) is 21.0. The van der Waals surface area contributed by atoms with E-state index in [9.17, 15) is 18.0 Å². The lowest BCUT2D eigenvalue weighted by atomic mass is 10.2. The summed E-state index contributed by atoms with van der Waals surface area (Å²) < 4.78 is 45.1. The third-order valence-corrected chi connectivity index (χ3v) is 4.17. The Bertz CT molecular complexity index is 898. The standard InChI is InChI=1S/C19H19F3N4O3/c1-11-24-17(8-26(11)7-12-4-15(20)19(22)16(21)5-12)25-18(28)10-29-14-3-2-13(9-27)23-6-14/h2-6,8,11,24,27H,7,9-10H2,1H3,(H,25,28). The first-order chi connectivity index (χ1) is 13.9. The van der Waals surface area contributed by atoms with Gasteiger partial charge >= 0.3 is 0 Å². The van der Waals surface area contributed by atoms with E-state index in [1.54, 1.807) is 30.2 Å². The second kappa shape index (κ2) is 8.82. The van der Waals surface area contributed by atoms with E-state index < -0.39 is 23.4 Å². The fraction of sp³-hybridized carbons (Fsp3) is 0.263. The topological polar surface area (TPSA) is 86.7 Å². The molecule has 154 valence electrons. The second-order valence-corrected chi connectivity index (χ2v) is 6.39. The molecule has 1 aromatic heterocycles. The summed E-state index contributed by atoms with van der Waals surface area (Å²) in [6.45, 7) is 1.45. The molecule has 3 N–H and O–H groups in total. The van der Waals surface area contributed by atoms with Crippen molar-refractivity contribution in [1.29, 1.82) is 0 Å². The van der Waals surface area contributed by atoms with Gasteiger partial charge < -0.3 is 25.4 Å². The molecule has 0 spiro atoms. The number of pyridine rings is 1. The molecule has 0 saturated carbocycles. The van der Waals surface area contributed by atoms with E-state index in [0.717, 1.165) is 12.1 Å². The normalized spacial score (nSPS) is 15.7. The molecule has 0 aliphatic carbocycles. The van der Waals surface area contributed by atoms with Gasteiger partial charge in [-0.15, -0.1) is 0 Å². The molecule has 0 radical (unpaired) electrons. The highest BCUT2D eigenvalue weighted by molar-refractivity contribution is 5.79. The van der Waals surface area contributed by atoms with Crippen molar-refractivity contribution in [3.63, 3.8) is 0 Å². The van der Waals surface area contributed by atoms with Gasteiger partial charge in [-0.25, -0.2) is 13.2 Å². The Balaban J connectivity index is 1.55. The van der Waals surface area contributed by atoms with Gasteiger partial charge in [0, 0.05) is 12.7 Å². The summed E-state index contributed by atoms with van der Waals surface area (Å²) in [7, 11) is 0. The SMILES string of the molecule is CC1NC(NC(=O)COc2ccc(CO)nc2)=CN1Cc1cc(F)c(F)c(F)c1. The van der Waals surface area contributed by atoms with E-state index in [1.165, 1.54) is 6.20 Å². The molecule has 1 amide bonds. The Hall–Kier alpha value is -3.27. The van der Waals surface area contributed by atoms with Gasteiger partial charge in [0.25, 0.3) is 5.91 Å². The van der Waals surface area contributed by atoms with Crippen LogP contribution >= 0.6 is 0 Å². The van der Waals surface area contributed by atoms with Crippen molar-refractivity contribution in [3.05, 3.63) is 71.2 Å². The smallest absolute Gasteiger partial charge is 0.263 e. The van der Waals surface area contributed by atoms with E-state index in [4.69, 9.17) is 9.84 Å². The Morgan fingerprint density at radius 1 is 1.31 bits per heavy atom. The first-order valence-electron chi connectivity index (χ1n) is 8.71. The van der Waals surface area contributed by atoms with Crippen LogP contribution in [0.4, 0.5) is 13.2 Å². The third-order valence-electron chi connectivity index (χ3n) is 4.17. The van der Waals surface area contributed by atoms with Crippen LogP contribution in [0, 0.1) is 17.5 Å². The Labute approximate surface area is 164 Å². The number of ether oxygens (including phenoxy) is 1. The lowest BCUT2D eigenvalue weighted by Crippen LogP contribution is -2.37. The predicted molar refractivity (Wildman–Crippen MR) is 96.3 cm³/mol. The first-order valence-corrected chi connectivity index (χ1v) is 8.71. The number of nitrogens with zero attached hydrogens (tertiary/aromatic N) is 2. The maximum atomic E-state index is 13.4. The number of aliphatic hydroxyl groups is 1. The van der Waals surface area contributed by atoms with Gasteiger partial charge in [0.15, 0.2) is 24.1 Å². The molecule has 1 aromatic carbocycles. The molecule has 0 bridgehead atoms. The Morgan fingerprint density at radius 3 is 2.66 bits per heavy atom. The minimum atomic E-state index is -1.51. The minimum Gasteiger partial charge on any atom is -0.482 e. The number of carbonyl (C=O) groups excluding carboxylic acids is 1. The maximum absolute atomic E-state index is 13.4. The lowest BCUT2D eigenvalue weighted by Gasteiger charge is -2.22.